The minimum absolute atomic E-state index is 1.22. The number of hydrogen-bond acceptors (Lipinski definition) is 1. The smallest absolute Gasteiger partial charge is 0.0349 e. The summed E-state index contributed by atoms with van der Waals surface area (Å²) >= 11 is 0. The van der Waals surface area contributed by atoms with Gasteiger partial charge in [0.15, 0.2) is 0 Å². The van der Waals surface area contributed by atoms with Gasteiger partial charge in [-0.25, -0.2) is 0 Å². The number of benzene rings is 1. The van der Waals surface area contributed by atoms with E-state index in [1.54, 1.807) is 0 Å². The minimum atomic E-state index is 1.22. The topological polar surface area (TPSA) is 12.9 Å². The average molecular weight is 183 g/mol. The van der Waals surface area contributed by atoms with Crippen molar-refractivity contribution in [3.63, 3.8) is 0 Å². The number of nitrogens with zero attached hydrogens (tertiary/aromatic N) is 1. The summed E-state index contributed by atoms with van der Waals surface area (Å²) in [5.41, 5.74) is 5.01. The second-order valence-electron chi connectivity index (χ2n) is 3.56. The van der Waals surface area contributed by atoms with E-state index < -0.39 is 0 Å². The Hall–Kier alpha value is -1.63. The fourth-order valence-electron chi connectivity index (χ4n) is 1.50. The van der Waals surface area contributed by atoms with Crippen molar-refractivity contribution in [1.29, 1.82) is 0 Å². The number of aromatic nitrogens is 1. The Labute approximate surface area is 84.4 Å². The summed E-state index contributed by atoms with van der Waals surface area (Å²) in [5, 5.41) is 0. The molecule has 14 heavy (non-hydrogen) atoms. The van der Waals surface area contributed by atoms with Crippen LogP contribution >= 0.6 is 0 Å². The Morgan fingerprint density at radius 2 is 1.64 bits per heavy atom. The molecule has 1 heteroatoms. The van der Waals surface area contributed by atoms with E-state index in [2.05, 4.69) is 43.1 Å². The molecule has 2 rings (SSSR count). The van der Waals surface area contributed by atoms with Crippen molar-refractivity contribution in [3.8, 4) is 11.1 Å². The van der Waals surface area contributed by atoms with Crippen LogP contribution in [-0.2, 0) is 0 Å². The lowest BCUT2D eigenvalue weighted by Crippen LogP contribution is -1.84. The first kappa shape index (κ1) is 8.95. The van der Waals surface area contributed by atoms with Gasteiger partial charge in [0.2, 0.25) is 0 Å². The van der Waals surface area contributed by atoms with Crippen LogP contribution in [0.1, 0.15) is 11.1 Å². The maximum Gasteiger partial charge on any atom is 0.0349 e. The third kappa shape index (κ3) is 1.67. The number of aryl methyl sites for hydroxylation is 2. The van der Waals surface area contributed by atoms with Gasteiger partial charge < -0.3 is 0 Å². The van der Waals surface area contributed by atoms with Gasteiger partial charge in [0.1, 0.15) is 0 Å². The van der Waals surface area contributed by atoms with E-state index in [0.29, 0.717) is 0 Å². The Morgan fingerprint density at radius 3 is 2.29 bits per heavy atom. The Balaban J connectivity index is 2.50. The fraction of sp³-hybridized carbons (Fsp3) is 0.154. The first-order chi connectivity index (χ1) is 6.77. The molecule has 0 unspecified atom stereocenters. The average Bonchev–Trinajstić information content (AvgIpc) is 2.20. The number of rotatable bonds is 1. The zero-order valence-corrected chi connectivity index (χ0v) is 8.49. The van der Waals surface area contributed by atoms with Gasteiger partial charge in [0, 0.05) is 18.0 Å². The normalized spacial score (nSPS) is 10.1. The maximum atomic E-state index is 4.14. The molecule has 0 aliphatic rings. The lowest BCUT2D eigenvalue weighted by Gasteiger charge is -2.04. The summed E-state index contributed by atoms with van der Waals surface area (Å²) in [4.78, 5) is 4.14. The van der Waals surface area contributed by atoms with E-state index in [0.717, 1.165) is 0 Å². The van der Waals surface area contributed by atoms with Gasteiger partial charge in [0.25, 0.3) is 0 Å². The van der Waals surface area contributed by atoms with Crippen LogP contribution in [0.3, 0.4) is 0 Å². The monoisotopic (exact) mass is 183 g/mol. The van der Waals surface area contributed by atoms with Crippen molar-refractivity contribution in [3.05, 3.63) is 53.9 Å². The molecule has 0 saturated carbocycles. The predicted molar refractivity (Wildman–Crippen MR) is 59.1 cm³/mol. The van der Waals surface area contributed by atoms with E-state index >= 15 is 0 Å². The van der Waals surface area contributed by atoms with E-state index in [-0.39, 0.29) is 0 Å². The first-order valence-corrected chi connectivity index (χ1v) is 4.75. The van der Waals surface area contributed by atoms with Gasteiger partial charge in [-0.2, -0.15) is 0 Å². The largest absolute Gasteiger partial charge is 0.264 e. The van der Waals surface area contributed by atoms with Crippen molar-refractivity contribution >= 4 is 0 Å². The van der Waals surface area contributed by atoms with Crippen LogP contribution in [0, 0.1) is 13.8 Å². The van der Waals surface area contributed by atoms with Crippen LogP contribution in [0.4, 0.5) is 0 Å². The van der Waals surface area contributed by atoms with E-state index in [1.165, 1.54) is 22.3 Å². The van der Waals surface area contributed by atoms with E-state index in [1.807, 2.05) is 18.5 Å². The van der Waals surface area contributed by atoms with Gasteiger partial charge in [-0.3, -0.25) is 4.98 Å². The summed E-state index contributed by atoms with van der Waals surface area (Å²) in [5.74, 6) is 0. The Bertz CT molecular complexity index is 429. The number of pyridine rings is 1. The van der Waals surface area contributed by atoms with Crippen molar-refractivity contribution in [2.45, 2.75) is 13.8 Å². The fourth-order valence-corrected chi connectivity index (χ4v) is 1.50. The highest BCUT2D eigenvalue weighted by atomic mass is 14.6. The molecular weight excluding hydrogens is 170 g/mol. The third-order valence-corrected chi connectivity index (χ3v) is 2.40. The van der Waals surface area contributed by atoms with E-state index in [4.69, 9.17) is 0 Å². The molecule has 70 valence electrons. The van der Waals surface area contributed by atoms with Crippen molar-refractivity contribution in [1.82, 2.24) is 4.98 Å². The molecule has 0 atom stereocenters. The second-order valence-corrected chi connectivity index (χ2v) is 3.56. The van der Waals surface area contributed by atoms with Crippen molar-refractivity contribution < 1.29 is 0 Å². The van der Waals surface area contributed by atoms with Crippen LogP contribution in [0.25, 0.3) is 11.1 Å². The summed E-state index contributed by atoms with van der Waals surface area (Å²) in [6, 6.07) is 10.6. The van der Waals surface area contributed by atoms with Gasteiger partial charge >= 0.3 is 0 Å². The molecule has 0 saturated heterocycles. The Morgan fingerprint density at radius 1 is 0.929 bits per heavy atom. The third-order valence-electron chi connectivity index (χ3n) is 2.40. The zero-order valence-electron chi connectivity index (χ0n) is 8.49. The standard InChI is InChI=1S/C13H13N/c1-10-3-5-12(6-4-10)13-9-14-8-7-11(13)2/h3-9H,1-2H3. The number of hydrogen-bond donors (Lipinski definition) is 0. The molecule has 0 spiro atoms. The SMILES string of the molecule is Cc1ccc(-c2cnccc2C)cc1. The van der Waals surface area contributed by atoms with Crippen LogP contribution in [0.5, 0.6) is 0 Å². The molecule has 0 fully saturated rings. The predicted octanol–water partition coefficient (Wildman–Crippen LogP) is 3.37. The molecule has 0 aliphatic heterocycles. The van der Waals surface area contributed by atoms with Gasteiger partial charge in [0.05, 0.1) is 0 Å². The maximum absolute atomic E-state index is 4.14. The van der Waals surface area contributed by atoms with E-state index in [9.17, 15) is 0 Å². The molecule has 0 amide bonds. The Kier molecular flexibility index (Phi) is 2.32. The molecule has 0 aliphatic carbocycles. The first-order valence-electron chi connectivity index (χ1n) is 4.75. The van der Waals surface area contributed by atoms with Crippen molar-refractivity contribution in [2.75, 3.05) is 0 Å². The lowest BCUT2D eigenvalue weighted by molar-refractivity contribution is 1.28. The quantitative estimate of drug-likeness (QED) is 0.660. The summed E-state index contributed by atoms with van der Waals surface area (Å²) in [6.07, 6.45) is 3.74. The lowest BCUT2D eigenvalue weighted by atomic mass is 10.0. The highest BCUT2D eigenvalue weighted by molar-refractivity contribution is 5.66. The molecule has 2 aromatic rings. The zero-order chi connectivity index (χ0) is 9.97. The van der Waals surface area contributed by atoms with Gasteiger partial charge in [-0.05, 0) is 31.0 Å². The molecule has 0 N–H and O–H groups in total. The van der Waals surface area contributed by atoms with Crippen LogP contribution in [0.15, 0.2) is 42.7 Å². The van der Waals surface area contributed by atoms with Crippen LogP contribution in [-0.4, -0.2) is 4.98 Å². The molecule has 0 bridgehead atoms. The molecule has 1 heterocycles. The van der Waals surface area contributed by atoms with Gasteiger partial charge in [-0.15, -0.1) is 0 Å². The second kappa shape index (κ2) is 3.62. The molecular formula is C13H13N. The van der Waals surface area contributed by atoms with Crippen LogP contribution < -0.4 is 0 Å². The molecule has 0 radical (unpaired) electrons. The molecule has 1 nitrogen and oxygen atoms in total. The minimum Gasteiger partial charge on any atom is -0.264 e. The van der Waals surface area contributed by atoms with Crippen LogP contribution in [0.2, 0.25) is 0 Å². The summed E-state index contributed by atoms with van der Waals surface area (Å²) < 4.78 is 0. The molecule has 1 aromatic carbocycles. The highest BCUT2D eigenvalue weighted by Gasteiger charge is 1.99. The van der Waals surface area contributed by atoms with Crippen molar-refractivity contribution in [2.24, 2.45) is 0 Å². The van der Waals surface area contributed by atoms with Gasteiger partial charge in [-0.1, -0.05) is 29.8 Å². The summed E-state index contributed by atoms with van der Waals surface area (Å²) in [6.45, 7) is 4.21. The highest BCUT2D eigenvalue weighted by Crippen LogP contribution is 2.21. The molecule has 1 aromatic heterocycles. The summed E-state index contributed by atoms with van der Waals surface area (Å²) in [7, 11) is 0.